The first-order chi connectivity index (χ1) is 5.00. The summed E-state index contributed by atoms with van der Waals surface area (Å²) in [6.45, 7) is 5.78. The second-order valence-corrected chi connectivity index (χ2v) is 4.07. The van der Waals surface area contributed by atoms with Crippen molar-refractivity contribution in [2.45, 2.75) is 32.3 Å². The summed E-state index contributed by atoms with van der Waals surface area (Å²) in [4.78, 5) is 2.05. The minimum absolute atomic E-state index is 0.397. The minimum atomic E-state index is -0.531. The molecule has 1 N–H and O–H groups in total. The van der Waals surface area contributed by atoms with Gasteiger partial charge in [-0.15, -0.1) is 0 Å². The van der Waals surface area contributed by atoms with Gasteiger partial charge in [-0.05, 0) is 45.7 Å². The first kappa shape index (κ1) is 9.01. The Bertz CT molecular complexity index is 128. The van der Waals surface area contributed by atoms with E-state index in [2.05, 4.69) is 7.05 Å². The van der Waals surface area contributed by atoms with Crippen molar-refractivity contribution in [1.82, 2.24) is 4.90 Å². The quantitative estimate of drug-likeness (QED) is 0.578. The first-order valence-corrected chi connectivity index (χ1v) is 4.28. The highest BCUT2D eigenvalue weighted by molar-refractivity contribution is 4.83. The van der Waals surface area contributed by atoms with Crippen LogP contribution in [-0.4, -0.2) is 28.7 Å². The average molecular weight is 156 g/mol. The van der Waals surface area contributed by atoms with E-state index < -0.39 is 5.60 Å². The molecule has 1 unspecified atom stereocenters. The lowest BCUT2D eigenvalue weighted by Crippen LogP contribution is -2.42. The van der Waals surface area contributed by atoms with Crippen molar-refractivity contribution < 1.29 is 5.11 Å². The third-order valence-corrected chi connectivity index (χ3v) is 2.50. The molecule has 1 rings (SSSR count). The molecule has 1 atom stereocenters. The molecule has 1 saturated heterocycles. The third kappa shape index (κ3) is 2.46. The Hall–Kier alpha value is -0.0800. The van der Waals surface area contributed by atoms with Gasteiger partial charge in [-0.25, -0.2) is 0 Å². The molecule has 0 spiro atoms. The topological polar surface area (TPSA) is 23.5 Å². The highest BCUT2D eigenvalue weighted by Crippen LogP contribution is 2.25. The molecule has 1 fully saturated rings. The van der Waals surface area contributed by atoms with Gasteiger partial charge < -0.3 is 10.0 Å². The number of aliphatic hydroxyl groups is 1. The van der Waals surface area contributed by atoms with Crippen molar-refractivity contribution in [1.29, 1.82) is 0 Å². The monoisotopic (exact) mass is 156 g/mol. The van der Waals surface area contributed by atoms with Gasteiger partial charge in [-0.2, -0.15) is 0 Å². The molecule has 1 aliphatic heterocycles. The Kier molecular flexibility index (Phi) is 2.55. The van der Waals surface area contributed by atoms with Gasteiger partial charge in [0.15, 0.2) is 0 Å². The van der Waals surface area contributed by atoms with Gasteiger partial charge in [0.2, 0.25) is 0 Å². The van der Waals surface area contributed by atoms with E-state index >= 15 is 0 Å². The van der Waals surface area contributed by atoms with E-state index in [0.29, 0.717) is 5.92 Å². The predicted octanol–water partition coefficient (Wildman–Crippen LogP) is 1.26. The smallest absolute Gasteiger partial charge is 0.0631 e. The maximum absolute atomic E-state index is 9.71. The maximum Gasteiger partial charge on any atom is 0.0631 e. The van der Waals surface area contributed by atoms with Crippen molar-refractivity contribution in [3.8, 4) is 0 Å². The molecule has 11 heavy (non-hydrogen) atoms. The molecule has 1 heterocycles. The molecule has 0 aromatic rings. The molecule has 0 bridgehead atoms. The highest BCUT2D eigenvalue weighted by Gasteiger charge is 2.28. The van der Waals surface area contributed by atoms with E-state index in [0.717, 1.165) is 25.9 Å². The summed E-state index contributed by atoms with van der Waals surface area (Å²) >= 11 is 0. The van der Waals surface area contributed by atoms with Crippen LogP contribution in [0, 0.1) is 13.0 Å². The van der Waals surface area contributed by atoms with E-state index in [1.165, 1.54) is 0 Å². The summed E-state index contributed by atoms with van der Waals surface area (Å²) in [5.41, 5.74) is -0.531. The lowest BCUT2D eigenvalue weighted by molar-refractivity contribution is -0.0106. The molecule has 0 aromatic heterocycles. The van der Waals surface area contributed by atoms with Crippen molar-refractivity contribution >= 4 is 0 Å². The van der Waals surface area contributed by atoms with Gasteiger partial charge in [0.25, 0.3) is 0 Å². The molecule has 0 aromatic carbocycles. The van der Waals surface area contributed by atoms with Crippen LogP contribution < -0.4 is 0 Å². The van der Waals surface area contributed by atoms with E-state index in [4.69, 9.17) is 0 Å². The summed E-state index contributed by atoms with van der Waals surface area (Å²) in [7, 11) is 3.88. The lowest BCUT2D eigenvalue weighted by atomic mass is 9.84. The molecular weight excluding hydrogens is 138 g/mol. The maximum atomic E-state index is 9.71. The fraction of sp³-hybridized carbons (Fsp3) is 0.889. The Balaban J connectivity index is 2.46. The first-order valence-electron chi connectivity index (χ1n) is 4.28. The number of nitrogens with zero attached hydrogens (tertiary/aromatic N) is 1. The van der Waals surface area contributed by atoms with Gasteiger partial charge in [0.1, 0.15) is 0 Å². The highest BCUT2D eigenvalue weighted by atomic mass is 16.3. The second-order valence-electron chi connectivity index (χ2n) is 4.07. The summed E-state index contributed by atoms with van der Waals surface area (Å²) in [5.74, 6) is 0.397. The average Bonchev–Trinajstić information content (AvgIpc) is 1.86. The summed E-state index contributed by atoms with van der Waals surface area (Å²) in [6.07, 6.45) is 2.30. The van der Waals surface area contributed by atoms with Gasteiger partial charge in [0, 0.05) is 0 Å². The van der Waals surface area contributed by atoms with Crippen LogP contribution in [-0.2, 0) is 0 Å². The zero-order valence-electron chi connectivity index (χ0n) is 7.51. The number of rotatable bonds is 1. The Morgan fingerprint density at radius 2 is 2.18 bits per heavy atom. The minimum Gasteiger partial charge on any atom is -0.459 e. The van der Waals surface area contributed by atoms with Crippen molar-refractivity contribution in [3.63, 3.8) is 0 Å². The van der Waals surface area contributed by atoms with E-state index in [1.807, 2.05) is 18.7 Å². The standard InChI is InChI=1S/C9H18NO/c1-9(2,11)8-5-4-6-10(3)7-8/h8,11H,3-7H2,1-2H3/q-1. The summed E-state index contributed by atoms with van der Waals surface area (Å²) < 4.78 is 0. The fourth-order valence-corrected chi connectivity index (χ4v) is 1.63. The molecule has 2 nitrogen and oxygen atoms in total. The van der Waals surface area contributed by atoms with Gasteiger partial charge in [-0.3, -0.25) is 7.05 Å². The molecular formula is C9H18NO-. The van der Waals surface area contributed by atoms with Crippen LogP contribution >= 0.6 is 0 Å². The largest absolute Gasteiger partial charge is 0.459 e. The van der Waals surface area contributed by atoms with Crippen LogP contribution in [0.5, 0.6) is 0 Å². The van der Waals surface area contributed by atoms with Crippen molar-refractivity contribution in [2.75, 3.05) is 13.1 Å². The van der Waals surface area contributed by atoms with Crippen LogP contribution in [0.2, 0.25) is 0 Å². The second kappa shape index (κ2) is 3.11. The van der Waals surface area contributed by atoms with Crippen LogP contribution in [0.25, 0.3) is 0 Å². The number of hydrogen-bond acceptors (Lipinski definition) is 2. The van der Waals surface area contributed by atoms with Crippen molar-refractivity contribution in [3.05, 3.63) is 7.05 Å². The van der Waals surface area contributed by atoms with Crippen LogP contribution in [0.3, 0.4) is 0 Å². The Labute approximate surface area is 69.2 Å². The molecule has 0 amide bonds. The zero-order valence-corrected chi connectivity index (χ0v) is 7.51. The SMILES string of the molecule is [CH2-]N1CCCC(C(C)(C)O)C1. The van der Waals surface area contributed by atoms with E-state index in [9.17, 15) is 5.11 Å². The molecule has 2 heteroatoms. The Morgan fingerprint density at radius 3 is 2.55 bits per heavy atom. The molecule has 1 aliphatic rings. The molecule has 0 saturated carbocycles. The summed E-state index contributed by atoms with van der Waals surface area (Å²) in [5, 5.41) is 9.71. The van der Waals surface area contributed by atoms with Gasteiger partial charge >= 0.3 is 0 Å². The normalized spacial score (nSPS) is 28.9. The number of hydrogen-bond donors (Lipinski definition) is 1. The van der Waals surface area contributed by atoms with Crippen molar-refractivity contribution in [2.24, 2.45) is 5.92 Å². The van der Waals surface area contributed by atoms with Crippen LogP contribution in [0.1, 0.15) is 26.7 Å². The molecule has 66 valence electrons. The van der Waals surface area contributed by atoms with E-state index in [-0.39, 0.29) is 0 Å². The van der Waals surface area contributed by atoms with Crippen LogP contribution in [0.15, 0.2) is 0 Å². The lowest BCUT2D eigenvalue weighted by Gasteiger charge is -2.40. The van der Waals surface area contributed by atoms with Gasteiger partial charge in [0.05, 0.1) is 5.60 Å². The van der Waals surface area contributed by atoms with Crippen LogP contribution in [0.4, 0.5) is 0 Å². The molecule has 0 aliphatic carbocycles. The van der Waals surface area contributed by atoms with Gasteiger partial charge in [-0.1, -0.05) is 0 Å². The Morgan fingerprint density at radius 1 is 1.55 bits per heavy atom. The zero-order chi connectivity index (χ0) is 8.48. The van der Waals surface area contributed by atoms with E-state index in [1.54, 1.807) is 0 Å². The predicted molar refractivity (Wildman–Crippen MR) is 46.0 cm³/mol. The third-order valence-electron chi connectivity index (χ3n) is 2.50. The molecule has 0 radical (unpaired) electrons. The summed E-state index contributed by atoms with van der Waals surface area (Å²) in [6, 6.07) is 0. The number of piperidine rings is 1. The fourth-order valence-electron chi connectivity index (χ4n) is 1.63. The number of likely N-dealkylation sites (tertiary alicyclic amines) is 1.